The quantitative estimate of drug-likeness (QED) is 0.826. The van der Waals surface area contributed by atoms with Crippen molar-refractivity contribution in [2.24, 2.45) is 0 Å². The minimum Gasteiger partial charge on any atom is -0.504 e. The molecular formula is C16H16O5. The molecule has 0 saturated heterocycles. The lowest BCUT2D eigenvalue weighted by Gasteiger charge is -2.14. The second-order valence-electron chi connectivity index (χ2n) is 4.48. The Morgan fingerprint density at radius 3 is 1.67 bits per heavy atom. The Labute approximate surface area is 122 Å². The van der Waals surface area contributed by atoms with Crippen molar-refractivity contribution in [1.82, 2.24) is 0 Å². The van der Waals surface area contributed by atoms with Crippen molar-refractivity contribution in [3.8, 4) is 23.0 Å². The van der Waals surface area contributed by atoms with E-state index in [0.29, 0.717) is 22.6 Å². The number of phenolic OH excluding ortho intramolecular Hbond substituents is 2. The van der Waals surface area contributed by atoms with Crippen molar-refractivity contribution >= 4 is 6.29 Å². The number of carbonyl (C=O) groups is 1. The molecule has 0 aliphatic rings. The molecule has 0 unspecified atom stereocenters. The van der Waals surface area contributed by atoms with Gasteiger partial charge in [0.1, 0.15) is 6.29 Å². The van der Waals surface area contributed by atoms with Crippen LogP contribution in [0.15, 0.2) is 36.4 Å². The van der Waals surface area contributed by atoms with E-state index in [-0.39, 0.29) is 11.5 Å². The topological polar surface area (TPSA) is 76.0 Å². The van der Waals surface area contributed by atoms with E-state index in [4.69, 9.17) is 9.47 Å². The van der Waals surface area contributed by atoms with Gasteiger partial charge in [0, 0.05) is 0 Å². The number of benzene rings is 2. The standard InChI is InChI=1S/C16H16O5/c1-20-15-7-10(3-5-13(15)18)12(9-17)11-4-6-14(19)16(8-11)21-2/h3-9,12,18-19H,1-2H3. The maximum absolute atomic E-state index is 11.5. The summed E-state index contributed by atoms with van der Waals surface area (Å²) in [6.07, 6.45) is 0.789. The highest BCUT2D eigenvalue weighted by Gasteiger charge is 2.17. The third kappa shape index (κ3) is 2.91. The van der Waals surface area contributed by atoms with E-state index in [1.54, 1.807) is 24.3 Å². The molecule has 0 saturated carbocycles. The second kappa shape index (κ2) is 6.17. The summed E-state index contributed by atoms with van der Waals surface area (Å²) in [5.74, 6) is 0.0626. The fourth-order valence-corrected chi connectivity index (χ4v) is 2.12. The maximum atomic E-state index is 11.5. The summed E-state index contributed by atoms with van der Waals surface area (Å²) in [4.78, 5) is 11.5. The molecule has 2 aromatic carbocycles. The van der Waals surface area contributed by atoms with Crippen LogP contribution in [0.4, 0.5) is 0 Å². The molecule has 0 spiro atoms. The molecule has 0 aromatic heterocycles. The molecule has 0 fully saturated rings. The third-order valence-electron chi connectivity index (χ3n) is 3.26. The zero-order chi connectivity index (χ0) is 15.4. The number of rotatable bonds is 5. The van der Waals surface area contributed by atoms with Crippen LogP contribution in [0.3, 0.4) is 0 Å². The minimum absolute atomic E-state index is 0.00851. The van der Waals surface area contributed by atoms with Crippen molar-refractivity contribution in [3.63, 3.8) is 0 Å². The van der Waals surface area contributed by atoms with Gasteiger partial charge in [0.05, 0.1) is 20.1 Å². The molecule has 2 aromatic rings. The van der Waals surface area contributed by atoms with Gasteiger partial charge in [0.15, 0.2) is 23.0 Å². The fourth-order valence-electron chi connectivity index (χ4n) is 2.12. The summed E-state index contributed by atoms with van der Waals surface area (Å²) < 4.78 is 10.1. The van der Waals surface area contributed by atoms with Gasteiger partial charge in [-0.3, -0.25) is 0 Å². The van der Waals surface area contributed by atoms with Crippen LogP contribution in [0, 0.1) is 0 Å². The molecule has 0 amide bonds. The van der Waals surface area contributed by atoms with Crippen molar-refractivity contribution < 1.29 is 24.5 Å². The lowest BCUT2D eigenvalue weighted by molar-refractivity contribution is -0.108. The Balaban J connectivity index is 2.46. The minimum atomic E-state index is -0.547. The van der Waals surface area contributed by atoms with E-state index < -0.39 is 5.92 Å². The molecule has 5 heteroatoms. The zero-order valence-electron chi connectivity index (χ0n) is 11.7. The Kier molecular flexibility index (Phi) is 4.33. The first-order valence-corrected chi connectivity index (χ1v) is 6.29. The predicted molar refractivity (Wildman–Crippen MR) is 77.2 cm³/mol. The van der Waals surface area contributed by atoms with Crippen molar-refractivity contribution in [1.29, 1.82) is 0 Å². The number of phenols is 2. The lowest BCUT2D eigenvalue weighted by Crippen LogP contribution is -2.03. The van der Waals surface area contributed by atoms with Gasteiger partial charge < -0.3 is 24.5 Å². The Bertz CT molecular complexity index is 598. The van der Waals surface area contributed by atoms with Crippen molar-refractivity contribution in [2.45, 2.75) is 5.92 Å². The van der Waals surface area contributed by atoms with E-state index in [1.807, 2.05) is 0 Å². The monoisotopic (exact) mass is 288 g/mol. The molecule has 0 aliphatic heterocycles. The molecule has 0 heterocycles. The van der Waals surface area contributed by atoms with Crippen LogP contribution in [0.2, 0.25) is 0 Å². The third-order valence-corrected chi connectivity index (χ3v) is 3.26. The van der Waals surface area contributed by atoms with Gasteiger partial charge >= 0.3 is 0 Å². The molecule has 2 rings (SSSR count). The molecular weight excluding hydrogens is 272 g/mol. The SMILES string of the molecule is COc1cc(C(C=O)c2ccc(O)c(OC)c2)ccc1O. The average molecular weight is 288 g/mol. The summed E-state index contributed by atoms with van der Waals surface area (Å²) in [5, 5.41) is 19.2. The van der Waals surface area contributed by atoms with Crippen LogP contribution < -0.4 is 9.47 Å². The largest absolute Gasteiger partial charge is 0.504 e. The molecule has 110 valence electrons. The first-order valence-electron chi connectivity index (χ1n) is 6.29. The number of methoxy groups -OCH3 is 2. The summed E-state index contributed by atoms with van der Waals surface area (Å²) in [5.41, 5.74) is 1.35. The predicted octanol–water partition coefficient (Wildman–Crippen LogP) is 2.45. The van der Waals surface area contributed by atoms with Gasteiger partial charge in [0.2, 0.25) is 0 Å². The van der Waals surface area contributed by atoms with E-state index in [2.05, 4.69) is 0 Å². The van der Waals surface area contributed by atoms with Crippen LogP contribution in [-0.4, -0.2) is 30.7 Å². The van der Waals surface area contributed by atoms with Gasteiger partial charge in [-0.15, -0.1) is 0 Å². The van der Waals surface area contributed by atoms with Gasteiger partial charge in [-0.05, 0) is 35.4 Å². The summed E-state index contributed by atoms with van der Waals surface area (Å²) in [6.45, 7) is 0. The van der Waals surface area contributed by atoms with Crippen LogP contribution in [0.25, 0.3) is 0 Å². The Hall–Kier alpha value is -2.69. The second-order valence-corrected chi connectivity index (χ2v) is 4.48. The van der Waals surface area contributed by atoms with Crippen molar-refractivity contribution in [2.75, 3.05) is 14.2 Å². The molecule has 0 radical (unpaired) electrons. The normalized spacial score (nSPS) is 10.4. The van der Waals surface area contributed by atoms with Crippen LogP contribution in [0.5, 0.6) is 23.0 Å². The average Bonchev–Trinajstić information content (AvgIpc) is 2.51. The highest BCUT2D eigenvalue weighted by Crippen LogP contribution is 2.35. The number of hydrogen-bond donors (Lipinski definition) is 2. The molecule has 21 heavy (non-hydrogen) atoms. The van der Waals surface area contributed by atoms with E-state index in [1.165, 1.54) is 26.4 Å². The lowest BCUT2D eigenvalue weighted by atomic mass is 9.92. The van der Waals surface area contributed by atoms with E-state index in [9.17, 15) is 15.0 Å². The summed E-state index contributed by atoms with van der Waals surface area (Å²) >= 11 is 0. The number of hydrogen-bond acceptors (Lipinski definition) is 5. The molecule has 5 nitrogen and oxygen atoms in total. The highest BCUT2D eigenvalue weighted by atomic mass is 16.5. The highest BCUT2D eigenvalue weighted by molar-refractivity contribution is 5.70. The summed E-state index contributed by atoms with van der Waals surface area (Å²) in [7, 11) is 2.89. The number of aldehydes is 1. The summed E-state index contributed by atoms with van der Waals surface area (Å²) in [6, 6.07) is 9.46. The fraction of sp³-hybridized carbons (Fsp3) is 0.188. The Morgan fingerprint density at radius 2 is 1.33 bits per heavy atom. The smallest absolute Gasteiger partial charge is 0.160 e. The van der Waals surface area contributed by atoms with E-state index in [0.717, 1.165) is 6.29 Å². The van der Waals surface area contributed by atoms with Crippen LogP contribution in [0.1, 0.15) is 17.0 Å². The number of ether oxygens (including phenoxy) is 2. The molecule has 0 aliphatic carbocycles. The maximum Gasteiger partial charge on any atom is 0.160 e. The Morgan fingerprint density at radius 1 is 0.905 bits per heavy atom. The number of aromatic hydroxyl groups is 2. The first kappa shape index (κ1) is 14.7. The molecule has 2 N–H and O–H groups in total. The molecule has 0 atom stereocenters. The first-order chi connectivity index (χ1) is 10.1. The van der Waals surface area contributed by atoms with Gasteiger partial charge in [-0.2, -0.15) is 0 Å². The van der Waals surface area contributed by atoms with Gasteiger partial charge in [-0.1, -0.05) is 12.1 Å². The van der Waals surface area contributed by atoms with Gasteiger partial charge in [-0.25, -0.2) is 0 Å². The number of carbonyl (C=O) groups excluding carboxylic acids is 1. The van der Waals surface area contributed by atoms with Crippen LogP contribution in [-0.2, 0) is 4.79 Å². The van der Waals surface area contributed by atoms with Crippen molar-refractivity contribution in [3.05, 3.63) is 47.5 Å². The van der Waals surface area contributed by atoms with Gasteiger partial charge in [0.25, 0.3) is 0 Å². The molecule has 0 bridgehead atoms. The van der Waals surface area contributed by atoms with E-state index >= 15 is 0 Å². The zero-order valence-corrected chi connectivity index (χ0v) is 11.7. The van der Waals surface area contributed by atoms with Crippen LogP contribution >= 0.6 is 0 Å².